The third-order valence-electron chi connectivity index (χ3n) is 3.05. The van der Waals surface area contributed by atoms with Crippen molar-refractivity contribution >= 4 is 28.9 Å². The number of halogens is 2. The van der Waals surface area contributed by atoms with E-state index in [0.717, 1.165) is 17.9 Å². The second kappa shape index (κ2) is 5.21. The number of nitrogens with zero attached hydrogens (tertiary/aromatic N) is 2. The Labute approximate surface area is 117 Å². The summed E-state index contributed by atoms with van der Waals surface area (Å²) in [6, 6.07) is 5.52. The molecule has 1 N–H and O–H groups in total. The summed E-state index contributed by atoms with van der Waals surface area (Å²) in [5, 5.41) is 8.83. The van der Waals surface area contributed by atoms with Crippen LogP contribution >= 0.6 is 23.2 Å². The molecule has 5 heteroatoms. The number of rotatable bonds is 3. The highest BCUT2D eigenvalue weighted by Gasteiger charge is 2.09. The maximum absolute atomic E-state index is 5.97. The van der Waals surface area contributed by atoms with Crippen molar-refractivity contribution in [3.8, 4) is 0 Å². The molecule has 1 aromatic heterocycles. The Balaban J connectivity index is 2.14. The second-order valence-electron chi connectivity index (χ2n) is 4.26. The molecule has 0 amide bonds. The molecule has 0 saturated carbocycles. The smallest absolute Gasteiger partial charge is 0.0646 e. The Kier molecular flexibility index (Phi) is 3.83. The number of nitrogens with one attached hydrogen (secondary N) is 1. The summed E-state index contributed by atoms with van der Waals surface area (Å²) >= 11 is 11.9. The van der Waals surface area contributed by atoms with Crippen molar-refractivity contribution in [3.05, 3.63) is 45.2 Å². The zero-order valence-corrected chi connectivity index (χ0v) is 12.1. The van der Waals surface area contributed by atoms with E-state index in [1.165, 1.54) is 11.3 Å². The lowest BCUT2D eigenvalue weighted by atomic mass is 10.2. The van der Waals surface area contributed by atoms with E-state index in [1.54, 1.807) is 6.07 Å². The highest BCUT2D eigenvalue weighted by Crippen LogP contribution is 2.25. The van der Waals surface area contributed by atoms with Crippen LogP contribution in [0.25, 0.3) is 0 Å². The van der Waals surface area contributed by atoms with Gasteiger partial charge in [0.25, 0.3) is 0 Å². The van der Waals surface area contributed by atoms with Crippen molar-refractivity contribution in [2.75, 3.05) is 5.32 Å². The van der Waals surface area contributed by atoms with Crippen molar-refractivity contribution in [2.24, 2.45) is 7.05 Å². The lowest BCUT2D eigenvalue weighted by Crippen LogP contribution is -2.02. The summed E-state index contributed by atoms with van der Waals surface area (Å²) in [6.45, 7) is 4.80. The fraction of sp³-hybridized carbons (Fsp3) is 0.308. The fourth-order valence-electron chi connectivity index (χ4n) is 1.87. The number of hydrogen-bond acceptors (Lipinski definition) is 2. The molecule has 0 atom stereocenters. The van der Waals surface area contributed by atoms with Crippen LogP contribution in [0.2, 0.25) is 10.0 Å². The van der Waals surface area contributed by atoms with Crippen LogP contribution in [-0.2, 0) is 13.6 Å². The lowest BCUT2D eigenvalue weighted by molar-refractivity contribution is 0.730. The Morgan fingerprint density at radius 2 is 1.94 bits per heavy atom. The first kappa shape index (κ1) is 13.2. The third-order valence-corrected chi connectivity index (χ3v) is 3.79. The Bertz CT molecular complexity index is 576. The molecule has 18 heavy (non-hydrogen) atoms. The van der Waals surface area contributed by atoms with Gasteiger partial charge in [0.05, 0.1) is 15.7 Å². The topological polar surface area (TPSA) is 29.9 Å². The molecule has 2 aromatic rings. The van der Waals surface area contributed by atoms with Gasteiger partial charge in [-0.2, -0.15) is 5.10 Å². The van der Waals surface area contributed by atoms with Crippen LogP contribution in [0, 0.1) is 13.8 Å². The summed E-state index contributed by atoms with van der Waals surface area (Å²) < 4.78 is 1.89. The van der Waals surface area contributed by atoms with Gasteiger partial charge >= 0.3 is 0 Å². The van der Waals surface area contributed by atoms with Crippen LogP contribution in [0.3, 0.4) is 0 Å². The largest absolute Gasteiger partial charge is 0.381 e. The summed E-state index contributed by atoms with van der Waals surface area (Å²) in [4.78, 5) is 0. The number of hydrogen-bond donors (Lipinski definition) is 1. The van der Waals surface area contributed by atoms with Crippen LogP contribution in [0.1, 0.15) is 17.0 Å². The van der Waals surface area contributed by atoms with Crippen LogP contribution in [0.4, 0.5) is 5.69 Å². The standard InChI is InChI=1S/C13H15Cl2N3/c1-8-11(9(2)18(3)17-8)7-16-10-4-5-12(14)13(15)6-10/h4-6,16H,7H2,1-3H3. The molecule has 0 aliphatic heterocycles. The molecule has 0 bridgehead atoms. The minimum Gasteiger partial charge on any atom is -0.381 e. The molecule has 0 unspecified atom stereocenters. The van der Waals surface area contributed by atoms with E-state index in [0.29, 0.717) is 10.0 Å². The van der Waals surface area contributed by atoms with Gasteiger partial charge in [-0.1, -0.05) is 23.2 Å². The SMILES string of the molecule is Cc1nn(C)c(C)c1CNc1ccc(Cl)c(Cl)c1. The molecule has 3 nitrogen and oxygen atoms in total. The average molecular weight is 284 g/mol. The normalized spacial score (nSPS) is 10.7. The van der Waals surface area contributed by atoms with Gasteiger partial charge in [-0.25, -0.2) is 0 Å². The van der Waals surface area contributed by atoms with Crippen LogP contribution < -0.4 is 5.32 Å². The van der Waals surface area contributed by atoms with Crippen molar-refractivity contribution < 1.29 is 0 Å². The van der Waals surface area contributed by atoms with E-state index in [4.69, 9.17) is 23.2 Å². The van der Waals surface area contributed by atoms with E-state index in [2.05, 4.69) is 17.3 Å². The van der Waals surface area contributed by atoms with Crippen molar-refractivity contribution in [3.63, 3.8) is 0 Å². The monoisotopic (exact) mass is 283 g/mol. The predicted octanol–water partition coefficient (Wildman–Crippen LogP) is 3.96. The Morgan fingerprint density at radius 1 is 1.22 bits per heavy atom. The summed E-state index contributed by atoms with van der Waals surface area (Å²) in [7, 11) is 1.95. The number of benzene rings is 1. The zero-order valence-electron chi connectivity index (χ0n) is 10.6. The summed E-state index contributed by atoms with van der Waals surface area (Å²) in [6.07, 6.45) is 0. The van der Waals surface area contributed by atoms with Gasteiger partial charge in [0.15, 0.2) is 0 Å². The molecule has 0 aliphatic rings. The number of anilines is 1. The lowest BCUT2D eigenvalue weighted by Gasteiger charge is -2.08. The molecule has 1 aromatic carbocycles. The third kappa shape index (κ3) is 2.62. The molecule has 0 radical (unpaired) electrons. The highest BCUT2D eigenvalue weighted by molar-refractivity contribution is 6.42. The molecular formula is C13H15Cl2N3. The van der Waals surface area contributed by atoms with Crippen LogP contribution in [-0.4, -0.2) is 9.78 Å². The summed E-state index contributed by atoms with van der Waals surface area (Å²) in [5.41, 5.74) is 4.37. The quantitative estimate of drug-likeness (QED) is 0.924. The van der Waals surface area contributed by atoms with Gasteiger partial charge in [-0.15, -0.1) is 0 Å². The maximum atomic E-state index is 5.97. The van der Waals surface area contributed by atoms with E-state index in [9.17, 15) is 0 Å². The molecule has 0 fully saturated rings. The van der Waals surface area contributed by atoms with Gasteiger partial charge in [0, 0.05) is 30.5 Å². The summed E-state index contributed by atoms with van der Waals surface area (Å²) in [5.74, 6) is 0. The molecular weight excluding hydrogens is 269 g/mol. The number of aromatic nitrogens is 2. The van der Waals surface area contributed by atoms with Gasteiger partial charge in [0.1, 0.15) is 0 Å². The molecule has 0 aliphatic carbocycles. The fourth-order valence-corrected chi connectivity index (χ4v) is 2.17. The van der Waals surface area contributed by atoms with Gasteiger partial charge in [-0.3, -0.25) is 4.68 Å². The maximum Gasteiger partial charge on any atom is 0.0646 e. The highest BCUT2D eigenvalue weighted by atomic mass is 35.5. The van der Waals surface area contributed by atoms with Gasteiger partial charge in [0.2, 0.25) is 0 Å². The van der Waals surface area contributed by atoms with Gasteiger partial charge in [-0.05, 0) is 32.0 Å². The molecule has 2 rings (SSSR count). The van der Waals surface area contributed by atoms with Crippen LogP contribution in [0.15, 0.2) is 18.2 Å². The molecule has 0 saturated heterocycles. The molecule has 96 valence electrons. The first-order chi connectivity index (χ1) is 8.49. The zero-order chi connectivity index (χ0) is 13.3. The van der Waals surface area contributed by atoms with Crippen molar-refractivity contribution in [2.45, 2.75) is 20.4 Å². The minimum absolute atomic E-state index is 0.557. The Hall–Kier alpha value is -1.19. The van der Waals surface area contributed by atoms with E-state index < -0.39 is 0 Å². The first-order valence-electron chi connectivity index (χ1n) is 5.67. The average Bonchev–Trinajstić information content (AvgIpc) is 2.56. The first-order valence-corrected chi connectivity index (χ1v) is 6.42. The van der Waals surface area contributed by atoms with Gasteiger partial charge < -0.3 is 5.32 Å². The molecule has 0 spiro atoms. The molecule has 1 heterocycles. The van der Waals surface area contributed by atoms with Crippen molar-refractivity contribution in [1.29, 1.82) is 0 Å². The minimum atomic E-state index is 0.557. The number of aryl methyl sites for hydroxylation is 2. The predicted molar refractivity (Wildman–Crippen MR) is 76.5 cm³/mol. The van der Waals surface area contributed by atoms with Crippen LogP contribution in [0.5, 0.6) is 0 Å². The second-order valence-corrected chi connectivity index (χ2v) is 5.07. The van der Waals surface area contributed by atoms with Crippen molar-refractivity contribution in [1.82, 2.24) is 9.78 Å². The van der Waals surface area contributed by atoms with E-state index >= 15 is 0 Å². The van der Waals surface area contributed by atoms with E-state index in [-0.39, 0.29) is 0 Å². The van der Waals surface area contributed by atoms with E-state index in [1.807, 2.05) is 30.8 Å². The Morgan fingerprint density at radius 3 is 2.50 bits per heavy atom.